The van der Waals surface area contributed by atoms with Crippen LogP contribution in [0.25, 0.3) is 10.6 Å². The molecule has 0 aliphatic carbocycles. The molecule has 2 aromatic heterocycles. The predicted molar refractivity (Wildman–Crippen MR) is 121 cm³/mol. The van der Waals surface area contributed by atoms with Crippen molar-refractivity contribution < 1.29 is 32.3 Å². The molecule has 1 aliphatic rings. The van der Waals surface area contributed by atoms with Gasteiger partial charge in [0.15, 0.2) is 0 Å². The maximum atomic E-state index is 13.1. The Kier molecular flexibility index (Phi) is 8.26. The molecule has 0 fully saturated rings. The fourth-order valence-electron chi connectivity index (χ4n) is 3.61. The summed E-state index contributed by atoms with van der Waals surface area (Å²) in [5.74, 6) is -1.89. The van der Waals surface area contributed by atoms with Crippen LogP contribution >= 0.6 is 11.3 Å². The van der Waals surface area contributed by atoms with Crippen LogP contribution in [-0.4, -0.2) is 49.6 Å². The number of aliphatic carboxylic acids is 1. The lowest BCUT2D eigenvalue weighted by atomic mass is 9.96. The Balaban J connectivity index is 0.000000429. The highest BCUT2D eigenvalue weighted by Gasteiger charge is 2.38. The van der Waals surface area contributed by atoms with Crippen LogP contribution in [0.15, 0.2) is 35.8 Å². The quantitative estimate of drug-likeness (QED) is 0.507. The van der Waals surface area contributed by atoms with Crippen molar-refractivity contribution in [1.29, 1.82) is 0 Å². The van der Waals surface area contributed by atoms with Crippen molar-refractivity contribution in [1.82, 2.24) is 19.4 Å². The second kappa shape index (κ2) is 11.0. The van der Waals surface area contributed by atoms with Gasteiger partial charge in [0.2, 0.25) is 5.91 Å². The van der Waals surface area contributed by atoms with Gasteiger partial charge in [0.05, 0.1) is 17.9 Å². The number of benzene rings is 1. The highest BCUT2D eigenvalue weighted by atomic mass is 32.1. The van der Waals surface area contributed by atoms with Crippen molar-refractivity contribution in [2.45, 2.75) is 45.5 Å². The van der Waals surface area contributed by atoms with E-state index in [-0.39, 0.29) is 17.6 Å². The fourth-order valence-corrected chi connectivity index (χ4v) is 4.42. The van der Waals surface area contributed by atoms with Gasteiger partial charge in [-0.1, -0.05) is 6.92 Å². The van der Waals surface area contributed by atoms with E-state index in [4.69, 9.17) is 9.90 Å². The molecule has 1 N–H and O–H groups in total. The third-order valence-electron chi connectivity index (χ3n) is 5.43. The average Bonchev–Trinajstić information content (AvgIpc) is 3.45. The summed E-state index contributed by atoms with van der Waals surface area (Å²) in [6.07, 6.45) is -0.528. The molecule has 12 heteroatoms. The number of carbonyl (C=O) groups excluding carboxylic acids is 1. The number of aryl methyl sites for hydroxylation is 2. The minimum atomic E-state index is -5.08. The summed E-state index contributed by atoms with van der Waals surface area (Å²) in [5.41, 5.74) is 2.83. The summed E-state index contributed by atoms with van der Waals surface area (Å²) >= 11 is 1.51. The third kappa shape index (κ3) is 6.87. The second-order valence-corrected chi connectivity index (χ2v) is 8.89. The summed E-state index contributed by atoms with van der Waals surface area (Å²) in [6, 6.07) is 6.31. The normalized spacial score (nSPS) is 15.1. The maximum absolute atomic E-state index is 13.1. The van der Waals surface area contributed by atoms with Gasteiger partial charge in [-0.25, -0.2) is 19.2 Å². The van der Waals surface area contributed by atoms with E-state index in [2.05, 4.69) is 27.7 Å². The summed E-state index contributed by atoms with van der Waals surface area (Å²) in [6.45, 7) is 3.42. The van der Waals surface area contributed by atoms with E-state index >= 15 is 0 Å². The van der Waals surface area contributed by atoms with Crippen LogP contribution in [0.1, 0.15) is 30.6 Å². The van der Waals surface area contributed by atoms with Crippen molar-refractivity contribution in [3.8, 4) is 10.6 Å². The van der Waals surface area contributed by atoms with Crippen LogP contribution in [0.2, 0.25) is 0 Å². The number of carboxylic acids is 1. The van der Waals surface area contributed by atoms with E-state index in [0.717, 1.165) is 47.2 Å². The largest absolute Gasteiger partial charge is 0.490 e. The topological polar surface area (TPSA) is 88.3 Å². The van der Waals surface area contributed by atoms with Crippen LogP contribution in [0, 0.1) is 11.7 Å². The molecule has 3 heterocycles. The monoisotopic (exact) mass is 512 g/mol. The number of thiazole rings is 1. The highest BCUT2D eigenvalue weighted by molar-refractivity contribution is 7.13. The molecular weight excluding hydrogens is 488 g/mol. The van der Waals surface area contributed by atoms with Crippen LogP contribution in [0.4, 0.5) is 17.6 Å². The lowest BCUT2D eigenvalue weighted by Crippen LogP contribution is -2.36. The Labute approximate surface area is 203 Å². The number of nitrogens with zero attached hydrogens (tertiary/aromatic N) is 4. The van der Waals surface area contributed by atoms with E-state index < -0.39 is 12.1 Å². The molecule has 1 aromatic carbocycles. The van der Waals surface area contributed by atoms with Gasteiger partial charge in [-0.3, -0.25) is 4.79 Å². The van der Waals surface area contributed by atoms with Crippen LogP contribution in [0.3, 0.4) is 0 Å². The molecule has 1 atom stereocenters. The number of hydrogen-bond acceptors (Lipinski definition) is 5. The Hall–Kier alpha value is -3.28. The third-order valence-corrected chi connectivity index (χ3v) is 6.37. The lowest BCUT2D eigenvalue weighted by molar-refractivity contribution is -0.192. The SMILES string of the molecule is CCc1cn2c(n1)CC(C(=O)N(C)Cc1csc(-c3ccc(F)cc3)n1)CC2.O=C(O)C(F)(F)F. The molecule has 0 saturated heterocycles. The van der Waals surface area contributed by atoms with Gasteiger partial charge in [0, 0.05) is 43.1 Å². The van der Waals surface area contributed by atoms with Crippen molar-refractivity contribution in [3.05, 3.63) is 58.9 Å². The summed E-state index contributed by atoms with van der Waals surface area (Å²) in [5, 5.41) is 9.92. The summed E-state index contributed by atoms with van der Waals surface area (Å²) in [4.78, 5) is 32.8. The minimum Gasteiger partial charge on any atom is -0.475 e. The number of halogens is 4. The smallest absolute Gasteiger partial charge is 0.475 e. The van der Waals surface area contributed by atoms with E-state index in [1.807, 2.05) is 12.4 Å². The van der Waals surface area contributed by atoms with Crippen LogP contribution in [-0.2, 0) is 35.5 Å². The number of alkyl halides is 3. The standard InChI is InChI=1S/C21H23FN4OS.C2HF3O2/c1-3-17-12-26-9-8-15(10-19(26)23-17)21(27)25(2)11-18-13-28-20(24-18)14-4-6-16(22)7-5-14;3-2(4,5)1(6)7/h4-7,12-13,15H,3,8-11H2,1-2H3;(H,6,7). The van der Waals surface area contributed by atoms with E-state index in [1.165, 1.54) is 23.5 Å². The van der Waals surface area contributed by atoms with Gasteiger partial charge in [-0.05, 0) is 37.1 Å². The molecule has 0 bridgehead atoms. The molecule has 1 amide bonds. The van der Waals surface area contributed by atoms with Crippen molar-refractivity contribution >= 4 is 23.2 Å². The predicted octanol–water partition coefficient (Wildman–Crippen LogP) is 4.56. The van der Waals surface area contributed by atoms with Crippen LogP contribution in [0.5, 0.6) is 0 Å². The Bertz CT molecular complexity index is 1170. The molecule has 1 aliphatic heterocycles. The number of aromatic nitrogens is 3. The number of hydrogen-bond donors (Lipinski definition) is 1. The first kappa shape index (κ1) is 26.3. The van der Waals surface area contributed by atoms with Gasteiger partial charge in [-0.2, -0.15) is 13.2 Å². The van der Waals surface area contributed by atoms with Gasteiger partial charge < -0.3 is 14.6 Å². The number of carbonyl (C=O) groups is 2. The molecule has 0 saturated carbocycles. The van der Waals surface area contributed by atoms with Gasteiger partial charge in [0.25, 0.3) is 0 Å². The molecule has 7 nitrogen and oxygen atoms in total. The molecule has 3 aromatic rings. The van der Waals surface area contributed by atoms with E-state index in [1.54, 1.807) is 17.0 Å². The molecule has 0 radical (unpaired) electrons. The Morgan fingerprint density at radius 3 is 2.46 bits per heavy atom. The average molecular weight is 513 g/mol. The molecule has 188 valence electrons. The minimum absolute atomic E-state index is 0.0280. The van der Waals surface area contributed by atoms with Crippen molar-refractivity contribution in [2.75, 3.05) is 7.05 Å². The Morgan fingerprint density at radius 2 is 1.86 bits per heavy atom. The van der Waals surface area contributed by atoms with Gasteiger partial charge >= 0.3 is 12.1 Å². The second-order valence-electron chi connectivity index (χ2n) is 8.03. The molecule has 35 heavy (non-hydrogen) atoms. The zero-order valence-corrected chi connectivity index (χ0v) is 19.9. The first-order chi connectivity index (χ1) is 16.5. The van der Waals surface area contributed by atoms with E-state index in [0.29, 0.717) is 13.0 Å². The molecule has 1 unspecified atom stereocenters. The van der Waals surface area contributed by atoms with Crippen molar-refractivity contribution in [3.63, 3.8) is 0 Å². The van der Waals surface area contributed by atoms with Gasteiger partial charge in [-0.15, -0.1) is 11.3 Å². The number of rotatable bonds is 5. The highest BCUT2D eigenvalue weighted by Crippen LogP contribution is 2.26. The maximum Gasteiger partial charge on any atom is 0.490 e. The Morgan fingerprint density at radius 1 is 1.20 bits per heavy atom. The van der Waals surface area contributed by atoms with Crippen molar-refractivity contribution in [2.24, 2.45) is 5.92 Å². The number of carboxylic acid groups (broad SMARTS) is 1. The first-order valence-electron chi connectivity index (χ1n) is 10.8. The zero-order valence-electron chi connectivity index (χ0n) is 19.0. The number of imidazole rings is 1. The number of fused-ring (bicyclic) bond motifs is 1. The fraction of sp³-hybridized carbons (Fsp3) is 0.391. The molecule has 0 spiro atoms. The molecule has 4 rings (SSSR count). The lowest BCUT2D eigenvalue weighted by Gasteiger charge is -2.26. The van der Waals surface area contributed by atoms with E-state index in [9.17, 15) is 22.4 Å². The first-order valence-corrected chi connectivity index (χ1v) is 11.7. The summed E-state index contributed by atoms with van der Waals surface area (Å²) in [7, 11) is 1.83. The van der Waals surface area contributed by atoms with Gasteiger partial charge in [0.1, 0.15) is 16.6 Å². The zero-order chi connectivity index (χ0) is 25.8. The molecular formula is C23H24F4N4O3S. The number of amides is 1. The summed E-state index contributed by atoms with van der Waals surface area (Å²) < 4.78 is 47.0. The van der Waals surface area contributed by atoms with Crippen LogP contribution < -0.4 is 0 Å².